The molecule has 0 aliphatic carbocycles. The Morgan fingerprint density at radius 3 is 2.70 bits per heavy atom. The normalized spacial score (nSPS) is 9.80. The van der Waals surface area contributed by atoms with E-state index in [0.29, 0.717) is 0 Å². The highest BCUT2D eigenvalue weighted by Gasteiger charge is 1.96. The van der Waals surface area contributed by atoms with E-state index >= 15 is 0 Å². The van der Waals surface area contributed by atoms with Gasteiger partial charge in [-0.25, -0.2) is 4.79 Å². The zero-order chi connectivity index (χ0) is 7.56. The van der Waals surface area contributed by atoms with Gasteiger partial charge in [0.05, 0.1) is 0 Å². The molecule has 0 fully saturated rings. The van der Waals surface area contributed by atoms with Crippen molar-refractivity contribution in [2.24, 2.45) is 0 Å². The zero-order valence-electron chi connectivity index (χ0n) is 6.18. The maximum Gasteiger partial charge on any atom is 0.335 e. The lowest BCUT2D eigenvalue weighted by molar-refractivity contribution is 0.473. The minimum absolute atomic E-state index is 0.269. The van der Waals surface area contributed by atoms with Crippen molar-refractivity contribution in [3.05, 3.63) is 33.9 Å². The van der Waals surface area contributed by atoms with Crippen LogP contribution in [0.2, 0.25) is 0 Å². The van der Waals surface area contributed by atoms with Crippen molar-refractivity contribution in [1.82, 2.24) is 0 Å². The third-order valence-corrected chi connectivity index (χ3v) is 1.51. The number of aryl methyl sites for hydroxylation is 2. The van der Waals surface area contributed by atoms with E-state index in [1.807, 2.05) is 6.92 Å². The van der Waals surface area contributed by atoms with Crippen LogP contribution in [0.3, 0.4) is 0 Å². The molecular formula is C8H10O2. The molecule has 0 aromatic carbocycles. The van der Waals surface area contributed by atoms with E-state index in [1.54, 1.807) is 13.0 Å². The third kappa shape index (κ3) is 1.26. The molecule has 0 unspecified atom stereocenters. The smallest absolute Gasteiger partial charge is 0.335 e. The fourth-order valence-corrected chi connectivity index (χ4v) is 0.903. The van der Waals surface area contributed by atoms with Crippen molar-refractivity contribution in [3.63, 3.8) is 0 Å². The molecule has 0 radical (unpaired) electrons. The van der Waals surface area contributed by atoms with Gasteiger partial charge in [-0.15, -0.1) is 0 Å². The predicted molar refractivity (Wildman–Crippen MR) is 39.1 cm³/mol. The summed E-state index contributed by atoms with van der Waals surface area (Å²) in [7, 11) is 0. The standard InChI is InChI=1S/C8H10O2/c1-3-7-4-5-8(9)10-6(7)2/h4-5H,3H2,1-2H3. The maximum atomic E-state index is 10.6. The minimum atomic E-state index is -0.269. The first-order valence-electron chi connectivity index (χ1n) is 3.33. The molecule has 0 spiro atoms. The van der Waals surface area contributed by atoms with E-state index in [4.69, 9.17) is 4.42 Å². The summed E-state index contributed by atoms with van der Waals surface area (Å²) < 4.78 is 4.84. The molecule has 0 atom stereocenters. The lowest BCUT2D eigenvalue weighted by atomic mass is 10.2. The Balaban J connectivity index is 3.19. The lowest BCUT2D eigenvalue weighted by Crippen LogP contribution is -1.99. The van der Waals surface area contributed by atoms with Crippen LogP contribution in [0.4, 0.5) is 0 Å². The van der Waals surface area contributed by atoms with Gasteiger partial charge in [-0.1, -0.05) is 6.92 Å². The highest BCUT2D eigenvalue weighted by molar-refractivity contribution is 5.14. The summed E-state index contributed by atoms with van der Waals surface area (Å²) in [6.45, 7) is 3.84. The van der Waals surface area contributed by atoms with Crippen molar-refractivity contribution in [1.29, 1.82) is 0 Å². The minimum Gasteiger partial charge on any atom is -0.428 e. The van der Waals surface area contributed by atoms with E-state index in [9.17, 15) is 4.79 Å². The Morgan fingerprint density at radius 2 is 2.20 bits per heavy atom. The quantitative estimate of drug-likeness (QED) is 0.588. The molecule has 2 heteroatoms. The van der Waals surface area contributed by atoms with Gasteiger partial charge in [-0.05, 0) is 25.0 Å². The van der Waals surface area contributed by atoms with Crippen LogP contribution < -0.4 is 5.63 Å². The second kappa shape index (κ2) is 2.69. The van der Waals surface area contributed by atoms with E-state index in [1.165, 1.54) is 6.07 Å². The van der Waals surface area contributed by atoms with Crippen LogP contribution in [0, 0.1) is 6.92 Å². The van der Waals surface area contributed by atoms with Crippen LogP contribution in [0.25, 0.3) is 0 Å². The lowest BCUT2D eigenvalue weighted by Gasteiger charge is -1.96. The molecule has 1 heterocycles. The van der Waals surface area contributed by atoms with Gasteiger partial charge in [-0.3, -0.25) is 0 Å². The zero-order valence-corrected chi connectivity index (χ0v) is 6.18. The molecule has 1 aromatic rings. The summed E-state index contributed by atoms with van der Waals surface area (Å²) in [4.78, 5) is 10.6. The first-order valence-corrected chi connectivity index (χ1v) is 3.33. The van der Waals surface area contributed by atoms with E-state index in [2.05, 4.69) is 0 Å². The first kappa shape index (κ1) is 7.06. The monoisotopic (exact) mass is 138 g/mol. The highest BCUT2D eigenvalue weighted by Crippen LogP contribution is 2.03. The SMILES string of the molecule is CCc1ccc(=O)oc1C. The number of hydrogen-bond donors (Lipinski definition) is 0. The van der Waals surface area contributed by atoms with Gasteiger partial charge in [0.2, 0.25) is 0 Å². The summed E-state index contributed by atoms with van der Waals surface area (Å²) >= 11 is 0. The van der Waals surface area contributed by atoms with Crippen molar-refractivity contribution in [2.45, 2.75) is 20.3 Å². The largest absolute Gasteiger partial charge is 0.428 e. The summed E-state index contributed by atoms with van der Waals surface area (Å²) in [6.07, 6.45) is 0.912. The van der Waals surface area contributed by atoms with Gasteiger partial charge in [0.1, 0.15) is 5.76 Å². The average Bonchev–Trinajstić information content (AvgIpc) is 1.88. The van der Waals surface area contributed by atoms with Gasteiger partial charge in [-0.2, -0.15) is 0 Å². The van der Waals surface area contributed by atoms with Crippen LogP contribution in [-0.4, -0.2) is 0 Å². The molecule has 0 N–H and O–H groups in total. The van der Waals surface area contributed by atoms with Crippen molar-refractivity contribution in [2.75, 3.05) is 0 Å². The molecule has 0 aliphatic heterocycles. The molecule has 0 amide bonds. The van der Waals surface area contributed by atoms with E-state index in [0.717, 1.165) is 17.7 Å². The Morgan fingerprint density at radius 1 is 1.50 bits per heavy atom. The van der Waals surface area contributed by atoms with Crippen LogP contribution in [0.5, 0.6) is 0 Å². The fourth-order valence-electron chi connectivity index (χ4n) is 0.903. The maximum absolute atomic E-state index is 10.6. The Hall–Kier alpha value is -1.05. The summed E-state index contributed by atoms with van der Waals surface area (Å²) in [6, 6.07) is 3.26. The van der Waals surface area contributed by atoms with Crippen LogP contribution >= 0.6 is 0 Å². The molecular weight excluding hydrogens is 128 g/mol. The average molecular weight is 138 g/mol. The predicted octanol–water partition coefficient (Wildman–Crippen LogP) is 1.51. The fraction of sp³-hybridized carbons (Fsp3) is 0.375. The van der Waals surface area contributed by atoms with Crippen molar-refractivity contribution >= 4 is 0 Å². The molecule has 1 aromatic heterocycles. The molecule has 0 saturated heterocycles. The van der Waals surface area contributed by atoms with Gasteiger partial charge in [0.25, 0.3) is 0 Å². The van der Waals surface area contributed by atoms with Crippen molar-refractivity contribution in [3.8, 4) is 0 Å². The van der Waals surface area contributed by atoms with Gasteiger partial charge in [0, 0.05) is 6.07 Å². The molecule has 10 heavy (non-hydrogen) atoms. The Kier molecular flexibility index (Phi) is 1.90. The molecule has 2 nitrogen and oxygen atoms in total. The number of hydrogen-bond acceptors (Lipinski definition) is 2. The van der Waals surface area contributed by atoms with E-state index in [-0.39, 0.29) is 5.63 Å². The molecule has 0 aliphatic rings. The van der Waals surface area contributed by atoms with Crippen LogP contribution in [0.15, 0.2) is 21.3 Å². The van der Waals surface area contributed by atoms with Gasteiger partial charge in [0.15, 0.2) is 0 Å². The third-order valence-electron chi connectivity index (χ3n) is 1.51. The Bertz CT molecular complexity index is 273. The van der Waals surface area contributed by atoms with Gasteiger partial charge >= 0.3 is 5.63 Å². The second-order valence-corrected chi connectivity index (χ2v) is 2.19. The topological polar surface area (TPSA) is 30.2 Å². The van der Waals surface area contributed by atoms with Crippen LogP contribution in [0.1, 0.15) is 18.2 Å². The number of rotatable bonds is 1. The summed E-state index contributed by atoms with van der Waals surface area (Å²) in [5.41, 5.74) is 0.828. The second-order valence-electron chi connectivity index (χ2n) is 2.19. The van der Waals surface area contributed by atoms with Crippen molar-refractivity contribution < 1.29 is 4.42 Å². The molecule has 0 saturated carbocycles. The van der Waals surface area contributed by atoms with E-state index < -0.39 is 0 Å². The molecule has 1 rings (SSSR count). The highest BCUT2D eigenvalue weighted by atomic mass is 16.4. The molecule has 54 valence electrons. The summed E-state index contributed by atoms with van der Waals surface area (Å²) in [5.74, 6) is 0.731. The molecule has 0 bridgehead atoms. The van der Waals surface area contributed by atoms with Gasteiger partial charge < -0.3 is 4.42 Å². The van der Waals surface area contributed by atoms with Crippen LogP contribution in [-0.2, 0) is 6.42 Å². The summed E-state index contributed by atoms with van der Waals surface area (Å²) in [5, 5.41) is 0. The first-order chi connectivity index (χ1) is 4.74. The Labute approximate surface area is 59.5 Å².